The Morgan fingerprint density at radius 3 is 2.45 bits per heavy atom. The van der Waals surface area contributed by atoms with E-state index < -0.39 is 11.7 Å². The van der Waals surface area contributed by atoms with E-state index in [-0.39, 0.29) is 5.97 Å². The molecule has 1 heterocycles. The second kappa shape index (κ2) is 7.45. The fourth-order valence-corrected chi connectivity index (χ4v) is 1.78. The molecule has 1 aromatic rings. The number of para-hydroxylation sites is 1. The van der Waals surface area contributed by atoms with Gasteiger partial charge in [0.15, 0.2) is 0 Å². The van der Waals surface area contributed by atoms with E-state index >= 15 is 0 Å². The van der Waals surface area contributed by atoms with Crippen LogP contribution in [0.3, 0.4) is 0 Å². The van der Waals surface area contributed by atoms with Gasteiger partial charge in [-0.15, -0.1) is 0 Å². The first-order valence-electron chi connectivity index (χ1n) is 6.86. The Labute approximate surface area is 130 Å². The smallest absolute Gasteiger partial charge is 0.412 e. The fourth-order valence-electron chi connectivity index (χ4n) is 1.78. The first kappa shape index (κ1) is 17.5. The number of rotatable bonds is 1. The molecule has 0 fully saturated rings. The van der Waals surface area contributed by atoms with E-state index in [1.54, 1.807) is 0 Å². The minimum absolute atomic E-state index is 0.373. The van der Waals surface area contributed by atoms with Crippen molar-refractivity contribution in [2.45, 2.75) is 26.4 Å². The number of fused-ring (bicyclic) bond motifs is 1. The van der Waals surface area contributed by atoms with Crippen LogP contribution in [0.15, 0.2) is 43.0 Å². The van der Waals surface area contributed by atoms with Gasteiger partial charge in [0, 0.05) is 12.6 Å². The van der Waals surface area contributed by atoms with Gasteiger partial charge in [-0.1, -0.05) is 36.9 Å². The van der Waals surface area contributed by atoms with E-state index in [0.29, 0.717) is 6.54 Å². The molecule has 0 atom stereocenters. The molecule has 22 heavy (non-hydrogen) atoms. The monoisotopic (exact) mass is 303 g/mol. The van der Waals surface area contributed by atoms with Crippen molar-refractivity contribution in [1.82, 2.24) is 0 Å². The van der Waals surface area contributed by atoms with E-state index in [0.717, 1.165) is 17.3 Å². The van der Waals surface area contributed by atoms with Gasteiger partial charge in [0.2, 0.25) is 0 Å². The lowest BCUT2D eigenvalue weighted by atomic mass is 10.1. The minimum Gasteiger partial charge on any atom is -0.465 e. The summed E-state index contributed by atoms with van der Waals surface area (Å²) in [5.74, 6) is -0.373. The Kier molecular flexibility index (Phi) is 5.92. The summed E-state index contributed by atoms with van der Waals surface area (Å²) in [6.07, 6.45) is 4.04. The maximum atomic E-state index is 10.8. The number of carbonyl (C=O) groups is 2. The van der Waals surface area contributed by atoms with E-state index in [1.165, 1.54) is 4.90 Å². The van der Waals surface area contributed by atoms with Crippen LogP contribution in [-0.2, 0) is 9.53 Å². The summed E-state index contributed by atoms with van der Waals surface area (Å²) < 4.78 is 4.83. The maximum absolute atomic E-state index is 10.8. The quantitative estimate of drug-likeness (QED) is 0.634. The number of anilines is 1. The van der Waals surface area contributed by atoms with Crippen LogP contribution in [-0.4, -0.2) is 29.3 Å². The third-order valence-corrected chi connectivity index (χ3v) is 2.62. The van der Waals surface area contributed by atoms with Gasteiger partial charge >= 0.3 is 12.1 Å². The molecule has 0 aliphatic carbocycles. The first-order chi connectivity index (χ1) is 10.2. The predicted molar refractivity (Wildman–Crippen MR) is 86.9 cm³/mol. The highest BCUT2D eigenvalue weighted by atomic mass is 16.6. The lowest BCUT2D eigenvalue weighted by molar-refractivity contribution is -0.148. The van der Waals surface area contributed by atoms with E-state index in [4.69, 9.17) is 9.84 Å². The topological polar surface area (TPSA) is 66.8 Å². The van der Waals surface area contributed by atoms with Crippen LogP contribution in [0, 0.1) is 0 Å². The van der Waals surface area contributed by atoms with Crippen LogP contribution >= 0.6 is 0 Å². The molecule has 0 bridgehead atoms. The summed E-state index contributed by atoms with van der Waals surface area (Å²) in [5, 5.41) is 8.88. The largest absolute Gasteiger partial charge is 0.465 e. The molecule has 0 saturated heterocycles. The lowest BCUT2D eigenvalue weighted by Gasteiger charge is -2.22. The summed E-state index contributed by atoms with van der Waals surface area (Å²) >= 11 is 0. The van der Waals surface area contributed by atoms with Gasteiger partial charge in [0.1, 0.15) is 5.60 Å². The number of hydrogen-bond acceptors (Lipinski definition) is 3. The molecule has 5 heteroatoms. The number of carbonyl (C=O) groups excluding carboxylic acids is 1. The second-order valence-electron chi connectivity index (χ2n) is 5.59. The zero-order valence-corrected chi connectivity index (χ0v) is 13.1. The number of nitrogens with zero attached hydrogens (tertiary/aromatic N) is 1. The van der Waals surface area contributed by atoms with Gasteiger partial charge in [0.25, 0.3) is 0 Å². The van der Waals surface area contributed by atoms with Gasteiger partial charge in [-0.3, -0.25) is 4.90 Å². The Bertz CT molecular complexity index is 585. The number of benzene rings is 1. The summed E-state index contributed by atoms with van der Waals surface area (Å²) in [6.45, 7) is 9.15. The van der Waals surface area contributed by atoms with Crippen molar-refractivity contribution in [3.63, 3.8) is 0 Å². The number of ether oxygens (including phenoxy) is 1. The molecule has 118 valence electrons. The summed E-state index contributed by atoms with van der Waals surface area (Å²) in [5.41, 5.74) is 1.32. The molecule has 0 radical (unpaired) electrons. The van der Waals surface area contributed by atoms with Crippen LogP contribution in [0.2, 0.25) is 0 Å². The molecule has 1 amide bonds. The van der Waals surface area contributed by atoms with Gasteiger partial charge in [-0.25, -0.2) is 9.59 Å². The lowest BCUT2D eigenvalue weighted by Crippen LogP contribution is -2.31. The van der Waals surface area contributed by atoms with E-state index in [1.807, 2.05) is 57.2 Å². The summed E-state index contributed by atoms with van der Waals surface area (Å²) in [6, 6.07) is 7.45. The summed E-state index contributed by atoms with van der Waals surface area (Å²) in [7, 11) is 0. The molecule has 5 nitrogen and oxygen atoms in total. The molecular formula is C17H21NO4. The van der Waals surface area contributed by atoms with Crippen molar-refractivity contribution in [2.75, 3.05) is 11.4 Å². The highest BCUT2D eigenvalue weighted by molar-refractivity contribution is 5.91. The minimum atomic E-state index is -0.906. The van der Waals surface area contributed by atoms with Crippen LogP contribution in [0.4, 0.5) is 10.5 Å². The zero-order valence-electron chi connectivity index (χ0n) is 13.1. The van der Waals surface area contributed by atoms with Crippen molar-refractivity contribution in [3.05, 3.63) is 48.6 Å². The molecule has 1 aliphatic heterocycles. The SMILES string of the molecule is C=CC(=O)OC(C)(C)C.O=C(O)N1CC=Cc2ccccc21. The standard InChI is InChI=1S/C10H9NO2.C7H12O2/c12-10(13)11-7-3-5-8-4-1-2-6-9(8)11;1-5-6(8)9-7(2,3)4/h1-6H,7H2,(H,12,13);5H,1H2,2-4H3. The first-order valence-corrected chi connectivity index (χ1v) is 6.86. The van der Waals surface area contributed by atoms with Crippen LogP contribution < -0.4 is 4.90 Å². The van der Waals surface area contributed by atoms with E-state index in [9.17, 15) is 9.59 Å². The molecule has 1 aliphatic rings. The van der Waals surface area contributed by atoms with Crippen molar-refractivity contribution < 1.29 is 19.4 Å². The number of amides is 1. The molecule has 1 aromatic carbocycles. The Morgan fingerprint density at radius 2 is 1.95 bits per heavy atom. The number of carboxylic acid groups (broad SMARTS) is 1. The molecule has 0 aromatic heterocycles. The van der Waals surface area contributed by atoms with Gasteiger partial charge < -0.3 is 9.84 Å². The molecule has 0 unspecified atom stereocenters. The Morgan fingerprint density at radius 1 is 1.32 bits per heavy atom. The van der Waals surface area contributed by atoms with E-state index in [2.05, 4.69) is 6.58 Å². The van der Waals surface area contributed by atoms with Crippen LogP contribution in [0.1, 0.15) is 26.3 Å². The van der Waals surface area contributed by atoms with Gasteiger partial charge in [-0.2, -0.15) is 0 Å². The van der Waals surface area contributed by atoms with Crippen molar-refractivity contribution >= 4 is 23.8 Å². The van der Waals surface area contributed by atoms with Gasteiger partial charge in [0.05, 0.1) is 5.69 Å². The third kappa shape index (κ3) is 5.44. The average molecular weight is 303 g/mol. The number of esters is 1. The molecule has 0 spiro atoms. The normalized spacial score (nSPS) is 12.6. The van der Waals surface area contributed by atoms with Crippen LogP contribution in [0.5, 0.6) is 0 Å². The average Bonchev–Trinajstić information content (AvgIpc) is 2.45. The van der Waals surface area contributed by atoms with Crippen molar-refractivity contribution in [3.8, 4) is 0 Å². The summed E-state index contributed by atoms with van der Waals surface area (Å²) in [4.78, 5) is 22.6. The highest BCUT2D eigenvalue weighted by Gasteiger charge is 2.17. The third-order valence-electron chi connectivity index (χ3n) is 2.62. The Hall–Kier alpha value is -2.56. The molecular weight excluding hydrogens is 282 g/mol. The van der Waals surface area contributed by atoms with Gasteiger partial charge in [-0.05, 0) is 32.4 Å². The Balaban J connectivity index is 0.000000239. The molecule has 2 rings (SSSR count). The van der Waals surface area contributed by atoms with Crippen LogP contribution in [0.25, 0.3) is 6.08 Å². The highest BCUT2D eigenvalue weighted by Crippen LogP contribution is 2.25. The van der Waals surface area contributed by atoms with Crippen molar-refractivity contribution in [1.29, 1.82) is 0 Å². The zero-order chi connectivity index (χ0) is 16.8. The maximum Gasteiger partial charge on any atom is 0.412 e. The number of hydrogen-bond donors (Lipinski definition) is 1. The predicted octanol–water partition coefficient (Wildman–Crippen LogP) is 3.71. The molecule has 1 N–H and O–H groups in total. The fraction of sp³-hybridized carbons (Fsp3) is 0.294. The second-order valence-corrected chi connectivity index (χ2v) is 5.59. The molecule has 0 saturated carbocycles. The van der Waals surface area contributed by atoms with Crippen molar-refractivity contribution in [2.24, 2.45) is 0 Å².